The summed E-state index contributed by atoms with van der Waals surface area (Å²) in [7, 11) is 0. The molecule has 8 atom stereocenters. The molecule has 0 unspecified atom stereocenters. The van der Waals surface area contributed by atoms with Crippen LogP contribution in [0.5, 0.6) is 0 Å². The van der Waals surface area contributed by atoms with Gasteiger partial charge in [0.1, 0.15) is 0 Å². The van der Waals surface area contributed by atoms with E-state index in [4.69, 9.17) is 18.9 Å². The van der Waals surface area contributed by atoms with Crippen LogP contribution in [-0.2, 0) is 25.6 Å². The third-order valence-electron chi connectivity index (χ3n) is 7.20. The maximum Gasteiger partial charge on any atom is 0.184 e. The summed E-state index contributed by atoms with van der Waals surface area (Å²) in [5.41, 5.74) is 1.14. The Bertz CT molecular complexity index is 671. The molecular formula is C22H32O5. The van der Waals surface area contributed by atoms with E-state index < -0.39 is 17.4 Å². The highest BCUT2D eigenvalue weighted by Gasteiger charge is 2.76. The summed E-state index contributed by atoms with van der Waals surface area (Å²) in [5, 5.41) is 11.4. The molecule has 27 heavy (non-hydrogen) atoms. The lowest BCUT2D eigenvalue weighted by atomic mass is 9.65. The van der Waals surface area contributed by atoms with E-state index in [0.717, 1.165) is 5.56 Å². The second-order valence-corrected chi connectivity index (χ2v) is 8.63. The second-order valence-electron chi connectivity index (χ2n) is 8.63. The van der Waals surface area contributed by atoms with Crippen LogP contribution in [0.1, 0.15) is 46.6 Å². The number of hydrogen-bond acceptors (Lipinski definition) is 5. The Kier molecular flexibility index (Phi) is 4.68. The van der Waals surface area contributed by atoms with E-state index in [2.05, 4.69) is 26.0 Å². The largest absolute Gasteiger partial charge is 0.376 e. The number of hydrogen-bond donors (Lipinski definition) is 1. The molecule has 0 saturated carbocycles. The van der Waals surface area contributed by atoms with Crippen molar-refractivity contribution in [3.63, 3.8) is 0 Å². The Morgan fingerprint density at radius 2 is 1.81 bits per heavy atom. The average Bonchev–Trinajstić information content (AvgIpc) is 2.67. The van der Waals surface area contributed by atoms with Crippen LogP contribution in [0.3, 0.4) is 0 Å². The van der Waals surface area contributed by atoms with E-state index in [1.165, 1.54) is 0 Å². The average molecular weight is 376 g/mol. The molecule has 0 aliphatic carbocycles. The molecule has 4 fully saturated rings. The molecule has 4 aliphatic rings. The molecule has 1 aromatic carbocycles. The summed E-state index contributed by atoms with van der Waals surface area (Å²) >= 11 is 0. The molecule has 0 aromatic heterocycles. The van der Waals surface area contributed by atoms with Crippen molar-refractivity contribution < 1.29 is 24.1 Å². The number of aliphatic hydroxyl groups is 1. The van der Waals surface area contributed by atoms with Gasteiger partial charge >= 0.3 is 0 Å². The van der Waals surface area contributed by atoms with Gasteiger partial charge in [0.2, 0.25) is 0 Å². The van der Waals surface area contributed by atoms with Gasteiger partial charge in [0.15, 0.2) is 17.4 Å². The zero-order chi connectivity index (χ0) is 19.4. The van der Waals surface area contributed by atoms with Crippen molar-refractivity contribution in [2.24, 2.45) is 23.7 Å². The van der Waals surface area contributed by atoms with E-state index in [1.807, 2.05) is 39.0 Å². The molecular weight excluding hydrogens is 344 g/mol. The highest BCUT2D eigenvalue weighted by Crippen LogP contribution is 2.63. The van der Waals surface area contributed by atoms with Crippen LogP contribution in [0.2, 0.25) is 0 Å². The Hall–Kier alpha value is -0.980. The standard InChI is InChI=1S/C22H32O5/c1-6-20-15(3)19-16(4)21(23,26-20)17(5)22(25-19,27-20)14(2)12-24-13-18-10-8-7-9-11-18/h7-11,14-17,19,23H,6,12-13H2,1-5H3/t14-,15-,16-,17-,19+,20-,21-,22-/m1/s1. The van der Waals surface area contributed by atoms with E-state index in [9.17, 15) is 5.11 Å². The first-order valence-corrected chi connectivity index (χ1v) is 10.2. The summed E-state index contributed by atoms with van der Waals surface area (Å²) in [6, 6.07) is 10.1. The normalized spacial score (nSPS) is 46.6. The quantitative estimate of drug-likeness (QED) is 0.820. The van der Waals surface area contributed by atoms with Gasteiger partial charge < -0.3 is 24.1 Å². The van der Waals surface area contributed by atoms with Crippen molar-refractivity contribution in [3.8, 4) is 0 Å². The number of benzene rings is 1. The van der Waals surface area contributed by atoms with Gasteiger partial charge in [-0.1, -0.05) is 65.0 Å². The summed E-state index contributed by atoms with van der Waals surface area (Å²) in [5.74, 6) is -3.32. The number of rotatable bonds is 6. The molecule has 1 N–H and O–H groups in total. The van der Waals surface area contributed by atoms with Crippen molar-refractivity contribution in [2.45, 2.75) is 71.1 Å². The lowest BCUT2D eigenvalue weighted by Gasteiger charge is -2.71. The van der Waals surface area contributed by atoms with E-state index in [-0.39, 0.29) is 29.8 Å². The summed E-state index contributed by atoms with van der Waals surface area (Å²) < 4.78 is 25.4. The molecule has 4 heterocycles. The topological polar surface area (TPSA) is 57.2 Å². The van der Waals surface area contributed by atoms with Crippen molar-refractivity contribution in [2.75, 3.05) is 6.61 Å². The smallest absolute Gasteiger partial charge is 0.184 e. The Morgan fingerprint density at radius 1 is 1.11 bits per heavy atom. The minimum atomic E-state index is -1.24. The van der Waals surface area contributed by atoms with Crippen LogP contribution >= 0.6 is 0 Å². The maximum absolute atomic E-state index is 11.4. The Labute approximate surface area is 162 Å². The van der Waals surface area contributed by atoms with Gasteiger partial charge in [0, 0.05) is 17.8 Å². The maximum atomic E-state index is 11.4. The molecule has 150 valence electrons. The van der Waals surface area contributed by atoms with Gasteiger partial charge in [0.25, 0.3) is 0 Å². The van der Waals surface area contributed by atoms with E-state index in [0.29, 0.717) is 19.6 Å². The molecule has 4 aliphatic heterocycles. The Morgan fingerprint density at radius 3 is 2.48 bits per heavy atom. The molecule has 4 saturated heterocycles. The monoisotopic (exact) mass is 376 g/mol. The molecule has 5 heteroatoms. The van der Waals surface area contributed by atoms with Gasteiger partial charge in [-0.25, -0.2) is 0 Å². The fraction of sp³-hybridized carbons (Fsp3) is 0.727. The molecule has 1 aromatic rings. The van der Waals surface area contributed by atoms with Gasteiger partial charge in [-0.3, -0.25) is 0 Å². The predicted molar refractivity (Wildman–Crippen MR) is 100 cm³/mol. The zero-order valence-corrected chi connectivity index (χ0v) is 17.0. The highest BCUT2D eigenvalue weighted by molar-refractivity contribution is 5.14. The third kappa shape index (κ3) is 2.63. The highest BCUT2D eigenvalue weighted by atomic mass is 16.9. The fourth-order valence-electron chi connectivity index (χ4n) is 5.32. The SMILES string of the molecule is CC[C@@]12O[C@]3(O)[C@H](C)[C@@H](O[C@]([C@H](C)COCc4ccccc4)(O1)[C@@H]3C)[C@H]2C. The molecule has 0 radical (unpaired) electrons. The van der Waals surface area contributed by atoms with Crippen molar-refractivity contribution in [1.82, 2.24) is 0 Å². The van der Waals surface area contributed by atoms with E-state index in [1.54, 1.807) is 0 Å². The van der Waals surface area contributed by atoms with Crippen LogP contribution in [-0.4, -0.2) is 35.2 Å². The summed E-state index contributed by atoms with van der Waals surface area (Å²) in [4.78, 5) is 0. The van der Waals surface area contributed by atoms with Gasteiger partial charge in [-0.05, 0) is 12.0 Å². The van der Waals surface area contributed by atoms with Crippen molar-refractivity contribution >= 4 is 0 Å². The lowest BCUT2D eigenvalue weighted by molar-refractivity contribution is -0.592. The molecule has 0 amide bonds. The molecule has 5 rings (SSSR count). The van der Waals surface area contributed by atoms with Crippen LogP contribution in [0.25, 0.3) is 0 Å². The van der Waals surface area contributed by atoms with E-state index >= 15 is 0 Å². The lowest BCUT2D eigenvalue weighted by Crippen LogP contribution is -2.83. The van der Waals surface area contributed by atoms with Gasteiger partial charge in [0.05, 0.1) is 25.2 Å². The minimum Gasteiger partial charge on any atom is -0.376 e. The van der Waals surface area contributed by atoms with Crippen LogP contribution in [0.15, 0.2) is 30.3 Å². The zero-order valence-electron chi connectivity index (χ0n) is 17.0. The Balaban J connectivity index is 1.56. The van der Waals surface area contributed by atoms with Crippen molar-refractivity contribution in [1.29, 1.82) is 0 Å². The van der Waals surface area contributed by atoms with Crippen LogP contribution < -0.4 is 0 Å². The third-order valence-corrected chi connectivity index (χ3v) is 7.20. The summed E-state index contributed by atoms with van der Waals surface area (Å²) in [6.07, 6.45) is 0.583. The van der Waals surface area contributed by atoms with Gasteiger partial charge in [-0.15, -0.1) is 0 Å². The fourth-order valence-corrected chi connectivity index (χ4v) is 5.32. The predicted octanol–water partition coefficient (Wildman–Crippen LogP) is 3.70. The molecule has 4 bridgehead atoms. The number of ether oxygens (including phenoxy) is 4. The molecule has 5 nitrogen and oxygen atoms in total. The summed E-state index contributed by atoms with van der Waals surface area (Å²) in [6.45, 7) is 11.2. The minimum absolute atomic E-state index is 0.0416. The van der Waals surface area contributed by atoms with Crippen LogP contribution in [0, 0.1) is 23.7 Å². The molecule has 0 spiro atoms. The van der Waals surface area contributed by atoms with Gasteiger partial charge in [-0.2, -0.15) is 0 Å². The van der Waals surface area contributed by atoms with Crippen LogP contribution in [0.4, 0.5) is 0 Å². The first-order chi connectivity index (χ1) is 12.8. The van der Waals surface area contributed by atoms with Crippen molar-refractivity contribution in [3.05, 3.63) is 35.9 Å². The first kappa shape index (κ1) is 19.3. The first-order valence-electron chi connectivity index (χ1n) is 10.2. The second kappa shape index (κ2) is 6.53.